The molecule has 0 saturated heterocycles. The van der Waals surface area contributed by atoms with E-state index in [0.29, 0.717) is 52.2 Å². The zero-order chi connectivity index (χ0) is 22.7. The molecule has 2 amide bonds. The number of aromatic hydroxyl groups is 1. The lowest BCUT2D eigenvalue weighted by atomic mass is 10.0. The van der Waals surface area contributed by atoms with Crippen LogP contribution in [0.3, 0.4) is 0 Å². The number of hydrogen-bond acceptors (Lipinski definition) is 6. The highest BCUT2D eigenvalue weighted by Gasteiger charge is 2.20. The second-order valence-electron chi connectivity index (χ2n) is 7.46. The molecular formula is C23H39N3O5. The fourth-order valence-corrected chi connectivity index (χ4v) is 2.88. The first-order valence-corrected chi connectivity index (χ1v) is 11.3. The Labute approximate surface area is 185 Å². The Morgan fingerprint density at radius 1 is 1.00 bits per heavy atom. The third-order valence-electron chi connectivity index (χ3n) is 4.59. The van der Waals surface area contributed by atoms with Crippen molar-refractivity contribution in [2.24, 2.45) is 5.73 Å². The Balaban J connectivity index is 2.25. The first-order valence-electron chi connectivity index (χ1n) is 11.3. The summed E-state index contributed by atoms with van der Waals surface area (Å²) < 4.78 is 11.0. The van der Waals surface area contributed by atoms with E-state index < -0.39 is 6.04 Å². The number of phenolic OH excluding ortho intramolecular Hbond substituents is 1. The number of rotatable bonds is 18. The highest BCUT2D eigenvalue weighted by molar-refractivity contribution is 5.87. The van der Waals surface area contributed by atoms with Crippen molar-refractivity contribution in [3.8, 4) is 5.75 Å². The normalized spacial score (nSPS) is 11.8. The number of carbonyl (C=O) groups excluding carboxylic acids is 2. The quantitative estimate of drug-likeness (QED) is 0.260. The number of nitrogens with one attached hydrogen (secondary N) is 2. The second-order valence-corrected chi connectivity index (χ2v) is 7.46. The minimum atomic E-state index is -0.649. The van der Waals surface area contributed by atoms with Crippen molar-refractivity contribution in [1.29, 1.82) is 0 Å². The highest BCUT2D eigenvalue weighted by Crippen LogP contribution is 2.11. The Hall–Kier alpha value is -2.16. The van der Waals surface area contributed by atoms with E-state index in [1.807, 2.05) is 6.92 Å². The van der Waals surface area contributed by atoms with Crippen LogP contribution in [0.4, 0.5) is 0 Å². The predicted molar refractivity (Wildman–Crippen MR) is 121 cm³/mol. The van der Waals surface area contributed by atoms with E-state index >= 15 is 0 Å². The van der Waals surface area contributed by atoms with Gasteiger partial charge in [0, 0.05) is 45.8 Å². The molecule has 0 heterocycles. The Kier molecular flexibility index (Phi) is 15.2. The van der Waals surface area contributed by atoms with Crippen molar-refractivity contribution in [3.63, 3.8) is 0 Å². The van der Waals surface area contributed by atoms with E-state index in [2.05, 4.69) is 10.6 Å². The van der Waals surface area contributed by atoms with Gasteiger partial charge in [0.05, 0.1) is 0 Å². The number of unbranched alkanes of at least 4 members (excludes halogenated alkanes) is 1. The van der Waals surface area contributed by atoms with Crippen molar-refractivity contribution in [2.75, 3.05) is 39.5 Å². The Bertz CT molecular complexity index is 610. The van der Waals surface area contributed by atoms with Crippen LogP contribution in [0.5, 0.6) is 5.75 Å². The van der Waals surface area contributed by atoms with Gasteiger partial charge in [-0.15, -0.1) is 0 Å². The Morgan fingerprint density at radius 2 is 1.61 bits per heavy atom. The molecule has 0 fully saturated rings. The van der Waals surface area contributed by atoms with Gasteiger partial charge in [-0.1, -0.05) is 19.1 Å². The predicted octanol–water partition coefficient (Wildman–Crippen LogP) is 1.89. The molecule has 0 aliphatic rings. The van der Waals surface area contributed by atoms with E-state index in [9.17, 15) is 14.7 Å². The molecule has 8 heteroatoms. The van der Waals surface area contributed by atoms with E-state index in [-0.39, 0.29) is 17.6 Å². The molecule has 1 rings (SSSR count). The third-order valence-corrected chi connectivity index (χ3v) is 4.59. The first-order chi connectivity index (χ1) is 15.1. The summed E-state index contributed by atoms with van der Waals surface area (Å²) >= 11 is 0. The Morgan fingerprint density at radius 3 is 2.23 bits per heavy atom. The standard InChI is InChI=1S/C23H39N3O5/c1-2-7-22(28)26-21(18-19-8-10-20(27)11-9-19)23(29)25-13-6-17-31-15-4-3-14-30-16-5-12-24/h8-11,21,27H,2-7,12-18,24H2,1H3,(H,25,29)(H,26,28)/t21-/m1/s1. The van der Waals surface area contributed by atoms with Crippen LogP contribution in [-0.4, -0.2) is 62.5 Å². The van der Waals surface area contributed by atoms with Crippen molar-refractivity contribution in [3.05, 3.63) is 29.8 Å². The third kappa shape index (κ3) is 13.7. The topological polar surface area (TPSA) is 123 Å². The number of amides is 2. The summed E-state index contributed by atoms with van der Waals surface area (Å²) in [5.41, 5.74) is 6.27. The van der Waals surface area contributed by atoms with Gasteiger partial charge < -0.3 is 30.9 Å². The summed E-state index contributed by atoms with van der Waals surface area (Å²) in [6, 6.07) is 5.99. The zero-order valence-corrected chi connectivity index (χ0v) is 18.7. The molecule has 5 N–H and O–H groups in total. The van der Waals surface area contributed by atoms with Gasteiger partial charge in [-0.2, -0.15) is 0 Å². The van der Waals surface area contributed by atoms with Gasteiger partial charge >= 0.3 is 0 Å². The fraction of sp³-hybridized carbons (Fsp3) is 0.652. The number of benzene rings is 1. The maximum Gasteiger partial charge on any atom is 0.242 e. The lowest BCUT2D eigenvalue weighted by Crippen LogP contribution is -2.48. The molecule has 0 saturated carbocycles. The maximum absolute atomic E-state index is 12.6. The van der Waals surface area contributed by atoms with Gasteiger partial charge in [-0.25, -0.2) is 0 Å². The number of hydrogen-bond donors (Lipinski definition) is 4. The van der Waals surface area contributed by atoms with Gasteiger partial charge in [0.15, 0.2) is 0 Å². The molecule has 0 unspecified atom stereocenters. The number of carbonyl (C=O) groups is 2. The molecule has 0 aliphatic carbocycles. The molecule has 1 atom stereocenters. The van der Waals surface area contributed by atoms with E-state index in [0.717, 1.165) is 37.9 Å². The van der Waals surface area contributed by atoms with Gasteiger partial charge in [0.1, 0.15) is 11.8 Å². The van der Waals surface area contributed by atoms with Crippen LogP contribution < -0.4 is 16.4 Å². The molecule has 8 nitrogen and oxygen atoms in total. The smallest absolute Gasteiger partial charge is 0.242 e. The fourth-order valence-electron chi connectivity index (χ4n) is 2.88. The average Bonchev–Trinajstić information content (AvgIpc) is 2.75. The van der Waals surface area contributed by atoms with Crippen molar-refractivity contribution < 1.29 is 24.2 Å². The van der Waals surface area contributed by atoms with Gasteiger partial charge in [0.2, 0.25) is 11.8 Å². The summed E-state index contributed by atoms with van der Waals surface area (Å²) in [5, 5.41) is 15.1. The van der Waals surface area contributed by atoms with E-state index in [1.54, 1.807) is 24.3 Å². The van der Waals surface area contributed by atoms with Crippen LogP contribution >= 0.6 is 0 Å². The van der Waals surface area contributed by atoms with Crippen LogP contribution in [0.2, 0.25) is 0 Å². The summed E-state index contributed by atoms with van der Waals surface area (Å²) in [6.07, 6.45) is 4.95. The molecule has 0 radical (unpaired) electrons. The lowest BCUT2D eigenvalue weighted by Gasteiger charge is -2.19. The summed E-state index contributed by atoms with van der Waals surface area (Å²) in [5.74, 6) is -0.192. The van der Waals surface area contributed by atoms with Crippen LogP contribution in [0.25, 0.3) is 0 Å². The molecule has 0 aromatic heterocycles. The minimum absolute atomic E-state index is 0.142. The van der Waals surface area contributed by atoms with Crippen molar-refractivity contribution >= 4 is 11.8 Å². The summed E-state index contributed by atoms with van der Waals surface area (Å²) in [6.45, 7) is 5.74. The summed E-state index contributed by atoms with van der Waals surface area (Å²) in [7, 11) is 0. The summed E-state index contributed by atoms with van der Waals surface area (Å²) in [4.78, 5) is 24.6. The molecule has 31 heavy (non-hydrogen) atoms. The second kappa shape index (κ2) is 17.5. The first kappa shape index (κ1) is 26.9. The van der Waals surface area contributed by atoms with E-state index in [1.165, 1.54) is 0 Å². The number of phenols is 1. The molecule has 0 spiro atoms. The largest absolute Gasteiger partial charge is 0.508 e. The van der Waals surface area contributed by atoms with Gasteiger partial charge in [-0.05, 0) is 56.3 Å². The van der Waals surface area contributed by atoms with Crippen molar-refractivity contribution in [2.45, 2.75) is 57.9 Å². The van der Waals surface area contributed by atoms with Crippen LogP contribution in [0.1, 0.15) is 51.0 Å². The highest BCUT2D eigenvalue weighted by atomic mass is 16.5. The van der Waals surface area contributed by atoms with Crippen LogP contribution in [0.15, 0.2) is 24.3 Å². The molecule has 0 bridgehead atoms. The molecule has 0 aliphatic heterocycles. The average molecular weight is 438 g/mol. The van der Waals surface area contributed by atoms with Gasteiger partial charge in [-0.3, -0.25) is 9.59 Å². The lowest BCUT2D eigenvalue weighted by molar-refractivity contribution is -0.129. The SMILES string of the molecule is CCCC(=O)N[C@H](Cc1ccc(O)cc1)C(=O)NCCCOCCCCOCCCN. The van der Waals surface area contributed by atoms with Crippen molar-refractivity contribution in [1.82, 2.24) is 10.6 Å². The monoisotopic (exact) mass is 437 g/mol. The maximum atomic E-state index is 12.6. The molecule has 1 aromatic carbocycles. The number of ether oxygens (including phenoxy) is 2. The van der Waals surface area contributed by atoms with Crippen LogP contribution in [-0.2, 0) is 25.5 Å². The van der Waals surface area contributed by atoms with Crippen LogP contribution in [0, 0.1) is 0 Å². The molecular weight excluding hydrogens is 398 g/mol. The van der Waals surface area contributed by atoms with E-state index in [4.69, 9.17) is 15.2 Å². The number of nitrogens with two attached hydrogens (primary N) is 1. The van der Waals surface area contributed by atoms with Gasteiger partial charge in [0.25, 0.3) is 0 Å². The zero-order valence-electron chi connectivity index (χ0n) is 18.7. The molecule has 176 valence electrons. The molecule has 1 aromatic rings. The minimum Gasteiger partial charge on any atom is -0.508 e.